The Balaban J connectivity index is 1.48. The molecule has 0 radical (unpaired) electrons. The summed E-state index contributed by atoms with van der Waals surface area (Å²) in [5.74, 6) is 0.293. The molecule has 3 aromatic rings. The van der Waals surface area contributed by atoms with Gasteiger partial charge in [-0.1, -0.05) is 50.0 Å². The highest BCUT2D eigenvalue weighted by atomic mass is 28.3. The number of benzene rings is 1. The van der Waals surface area contributed by atoms with E-state index in [1.54, 1.807) is 24.4 Å². The fourth-order valence-electron chi connectivity index (χ4n) is 5.01. The summed E-state index contributed by atoms with van der Waals surface area (Å²) in [5, 5.41) is 6.43. The molecule has 0 saturated carbocycles. The first-order valence-corrected chi connectivity index (χ1v) is 18.7. The zero-order valence-electron chi connectivity index (χ0n) is 26.3. The lowest BCUT2D eigenvalue weighted by atomic mass is 10.00. The third-order valence-electron chi connectivity index (χ3n) is 7.50. The number of ether oxygens (including phenoxy) is 3. The van der Waals surface area contributed by atoms with Crippen LogP contribution in [0.15, 0.2) is 42.7 Å². The average Bonchev–Trinajstić information content (AvgIpc) is 3.33. The van der Waals surface area contributed by atoms with Crippen molar-refractivity contribution < 1.29 is 23.8 Å². The first kappa shape index (κ1) is 32.4. The molecule has 234 valence electrons. The number of nitrogens with one attached hydrogen (secondary N) is 2. The van der Waals surface area contributed by atoms with Crippen LogP contribution in [-0.2, 0) is 27.5 Å². The Morgan fingerprint density at radius 3 is 2.65 bits per heavy atom. The van der Waals surface area contributed by atoms with Crippen molar-refractivity contribution in [1.29, 1.82) is 0 Å². The standard InChI is InChI=1S/C31H46N6O5Si/c1-22(19-40-3)33-30(38)26-18-36(21-41-14-15-43(4,5)6)29-28(26)35-27(16-32-29)34-25-13-12-23(2)37(17-25)31(39)42-20-24-10-8-7-9-11-24/h7-11,16,18,22-23,25H,12-15,17,19-21H2,1-6H3,(H,33,38)(H,34,35)/t22-,23+,25-/m0/s1. The van der Waals surface area contributed by atoms with E-state index in [1.165, 1.54) is 0 Å². The van der Waals surface area contributed by atoms with Gasteiger partial charge in [0.2, 0.25) is 0 Å². The molecule has 3 atom stereocenters. The maximum Gasteiger partial charge on any atom is 0.410 e. The molecule has 1 aliphatic heterocycles. The number of methoxy groups -OCH3 is 1. The minimum Gasteiger partial charge on any atom is -0.445 e. The molecule has 12 heteroatoms. The zero-order valence-corrected chi connectivity index (χ0v) is 27.3. The Morgan fingerprint density at radius 1 is 1.16 bits per heavy atom. The molecule has 2 amide bonds. The summed E-state index contributed by atoms with van der Waals surface area (Å²) < 4.78 is 18.6. The van der Waals surface area contributed by atoms with Gasteiger partial charge >= 0.3 is 6.09 Å². The molecular formula is C31H46N6O5Si. The van der Waals surface area contributed by atoms with Crippen molar-refractivity contribution in [2.24, 2.45) is 0 Å². The second-order valence-corrected chi connectivity index (χ2v) is 18.2. The van der Waals surface area contributed by atoms with E-state index in [1.807, 2.05) is 48.7 Å². The van der Waals surface area contributed by atoms with Crippen LogP contribution in [0.5, 0.6) is 0 Å². The molecule has 1 fully saturated rings. The molecule has 11 nitrogen and oxygen atoms in total. The van der Waals surface area contributed by atoms with Gasteiger partial charge in [0.25, 0.3) is 5.91 Å². The molecule has 1 aromatic carbocycles. The lowest BCUT2D eigenvalue weighted by Crippen LogP contribution is -2.49. The number of anilines is 1. The molecule has 0 aliphatic carbocycles. The maximum absolute atomic E-state index is 13.3. The fraction of sp³-hybridized carbons (Fsp3) is 0.548. The van der Waals surface area contributed by atoms with Crippen molar-refractivity contribution >= 4 is 37.1 Å². The Morgan fingerprint density at radius 2 is 1.93 bits per heavy atom. The topological polar surface area (TPSA) is 120 Å². The molecule has 1 aliphatic rings. The molecule has 3 heterocycles. The number of likely N-dealkylation sites (tertiary alicyclic amines) is 1. The highest BCUT2D eigenvalue weighted by Crippen LogP contribution is 2.24. The van der Waals surface area contributed by atoms with Crippen LogP contribution in [0.2, 0.25) is 25.7 Å². The number of aromatic nitrogens is 3. The van der Waals surface area contributed by atoms with E-state index in [4.69, 9.17) is 19.2 Å². The van der Waals surface area contributed by atoms with Gasteiger partial charge in [-0.3, -0.25) is 4.79 Å². The normalized spacial score (nSPS) is 18.0. The van der Waals surface area contributed by atoms with Crippen molar-refractivity contribution in [3.05, 3.63) is 53.9 Å². The monoisotopic (exact) mass is 610 g/mol. The minimum absolute atomic E-state index is 0.0433. The van der Waals surface area contributed by atoms with Crippen LogP contribution < -0.4 is 10.6 Å². The number of hydrogen-bond donors (Lipinski definition) is 2. The van der Waals surface area contributed by atoms with Crippen molar-refractivity contribution in [1.82, 2.24) is 24.8 Å². The van der Waals surface area contributed by atoms with Crippen molar-refractivity contribution in [2.45, 2.75) is 83.8 Å². The van der Waals surface area contributed by atoms with Crippen LogP contribution in [0, 0.1) is 0 Å². The van der Waals surface area contributed by atoms with Crippen molar-refractivity contribution in [3.63, 3.8) is 0 Å². The fourth-order valence-corrected chi connectivity index (χ4v) is 5.77. The predicted octanol–water partition coefficient (Wildman–Crippen LogP) is 5.11. The van der Waals surface area contributed by atoms with E-state index >= 15 is 0 Å². The van der Waals surface area contributed by atoms with Crippen LogP contribution >= 0.6 is 0 Å². The molecule has 2 N–H and O–H groups in total. The summed E-state index contributed by atoms with van der Waals surface area (Å²) in [6.07, 6.45) is 4.78. The largest absolute Gasteiger partial charge is 0.445 e. The molecule has 0 unspecified atom stereocenters. The third-order valence-corrected chi connectivity index (χ3v) is 9.21. The van der Waals surface area contributed by atoms with Crippen LogP contribution in [0.4, 0.5) is 10.6 Å². The molecule has 1 saturated heterocycles. The molecular weight excluding hydrogens is 564 g/mol. The molecule has 0 spiro atoms. The lowest BCUT2D eigenvalue weighted by molar-refractivity contribution is 0.0695. The van der Waals surface area contributed by atoms with Crippen LogP contribution in [0.3, 0.4) is 0 Å². The van der Waals surface area contributed by atoms with Gasteiger partial charge in [0, 0.05) is 52.7 Å². The molecule has 0 bridgehead atoms. The van der Waals surface area contributed by atoms with Crippen molar-refractivity contribution in [2.75, 3.05) is 32.2 Å². The molecule has 4 rings (SSSR count). The summed E-state index contributed by atoms with van der Waals surface area (Å²) in [4.78, 5) is 37.5. The van der Waals surface area contributed by atoms with Gasteiger partial charge in [0.15, 0.2) is 5.65 Å². The van der Waals surface area contributed by atoms with Crippen LogP contribution in [0.25, 0.3) is 11.2 Å². The number of fused-ring (bicyclic) bond motifs is 1. The average molecular weight is 611 g/mol. The number of carbonyl (C=O) groups is 2. The van der Waals surface area contributed by atoms with E-state index in [0.717, 1.165) is 24.4 Å². The zero-order chi connectivity index (χ0) is 31.0. The second kappa shape index (κ2) is 14.8. The third kappa shape index (κ3) is 9.25. The Labute approximate surface area is 255 Å². The molecule has 2 aromatic heterocycles. The Kier molecular flexibility index (Phi) is 11.2. The number of piperidine rings is 1. The van der Waals surface area contributed by atoms with Gasteiger partial charge in [-0.15, -0.1) is 0 Å². The van der Waals surface area contributed by atoms with Gasteiger partial charge in [-0.05, 0) is 38.3 Å². The van der Waals surface area contributed by atoms with Gasteiger partial charge in [-0.2, -0.15) is 0 Å². The lowest BCUT2D eigenvalue weighted by Gasteiger charge is -2.37. The highest BCUT2D eigenvalue weighted by Gasteiger charge is 2.30. The smallest absolute Gasteiger partial charge is 0.410 e. The summed E-state index contributed by atoms with van der Waals surface area (Å²) in [5.41, 5.74) is 2.44. The number of rotatable bonds is 13. The minimum atomic E-state index is -1.23. The number of carbonyl (C=O) groups excluding carboxylic acids is 2. The van der Waals surface area contributed by atoms with Crippen LogP contribution in [-0.4, -0.2) is 84.5 Å². The molecule has 43 heavy (non-hydrogen) atoms. The first-order chi connectivity index (χ1) is 20.5. The van der Waals surface area contributed by atoms with Crippen LogP contribution in [0.1, 0.15) is 42.6 Å². The van der Waals surface area contributed by atoms with E-state index < -0.39 is 8.07 Å². The number of nitrogens with zero attached hydrogens (tertiary/aromatic N) is 4. The summed E-state index contributed by atoms with van der Waals surface area (Å²) >= 11 is 0. The highest BCUT2D eigenvalue weighted by molar-refractivity contribution is 6.76. The first-order valence-electron chi connectivity index (χ1n) is 15.0. The summed E-state index contributed by atoms with van der Waals surface area (Å²) in [6, 6.07) is 10.6. The number of hydrogen-bond acceptors (Lipinski definition) is 8. The second-order valence-electron chi connectivity index (χ2n) is 12.6. The van der Waals surface area contributed by atoms with E-state index in [2.05, 4.69) is 35.3 Å². The summed E-state index contributed by atoms with van der Waals surface area (Å²) in [7, 11) is 0.370. The van der Waals surface area contributed by atoms with Gasteiger partial charge in [-0.25, -0.2) is 14.8 Å². The predicted molar refractivity (Wildman–Crippen MR) is 170 cm³/mol. The summed E-state index contributed by atoms with van der Waals surface area (Å²) in [6.45, 7) is 12.9. The maximum atomic E-state index is 13.3. The quantitative estimate of drug-likeness (QED) is 0.202. The van der Waals surface area contributed by atoms with Crippen molar-refractivity contribution in [3.8, 4) is 0 Å². The SMILES string of the molecule is COC[C@H](C)NC(=O)c1cn(COCC[Si](C)(C)C)c2ncc(N[C@H]3CC[C@@H](C)N(C(=O)OCc4ccccc4)C3)nc12. The van der Waals surface area contributed by atoms with Gasteiger partial charge in [0.05, 0.1) is 18.4 Å². The Bertz CT molecular complexity index is 1360. The number of amides is 2. The van der Waals surface area contributed by atoms with E-state index in [-0.39, 0.29) is 43.5 Å². The van der Waals surface area contributed by atoms with E-state index in [9.17, 15) is 9.59 Å². The van der Waals surface area contributed by atoms with E-state index in [0.29, 0.717) is 42.3 Å². The van der Waals surface area contributed by atoms with Gasteiger partial charge in [0.1, 0.15) is 24.7 Å². The van der Waals surface area contributed by atoms with Gasteiger partial charge < -0.3 is 34.3 Å². The Hall–Kier alpha value is -3.48.